The fraction of sp³-hybridized carbons (Fsp3) is 1.00. The first-order valence-corrected chi connectivity index (χ1v) is 6.05. The molecular formula is C8H19N3O2S. The number of hydrogen-bond donors (Lipinski definition) is 1. The summed E-state index contributed by atoms with van der Waals surface area (Å²) in [6, 6.07) is -0.0163. The van der Waals surface area contributed by atoms with Crippen LogP contribution < -0.4 is 5.73 Å². The van der Waals surface area contributed by atoms with E-state index in [0.717, 1.165) is 0 Å². The third kappa shape index (κ3) is 2.08. The molecule has 0 radical (unpaired) electrons. The van der Waals surface area contributed by atoms with E-state index in [-0.39, 0.29) is 6.04 Å². The van der Waals surface area contributed by atoms with Crippen molar-refractivity contribution in [3.63, 3.8) is 0 Å². The number of hydrogen-bond acceptors (Lipinski definition) is 3. The molecule has 2 atom stereocenters. The van der Waals surface area contributed by atoms with Gasteiger partial charge in [-0.2, -0.15) is 17.0 Å². The van der Waals surface area contributed by atoms with E-state index in [4.69, 9.17) is 5.73 Å². The summed E-state index contributed by atoms with van der Waals surface area (Å²) in [5, 5.41) is 0. The maximum absolute atomic E-state index is 11.8. The third-order valence-electron chi connectivity index (χ3n) is 2.53. The third-order valence-corrected chi connectivity index (χ3v) is 4.53. The Morgan fingerprint density at radius 1 is 1.50 bits per heavy atom. The van der Waals surface area contributed by atoms with Gasteiger partial charge < -0.3 is 5.73 Å². The van der Waals surface area contributed by atoms with E-state index in [1.165, 1.54) is 22.7 Å². The van der Waals surface area contributed by atoms with Gasteiger partial charge in [-0.1, -0.05) is 0 Å². The van der Waals surface area contributed by atoms with Crippen LogP contribution in [0, 0.1) is 0 Å². The molecule has 5 nitrogen and oxygen atoms in total. The highest BCUT2D eigenvalue weighted by molar-refractivity contribution is 7.86. The summed E-state index contributed by atoms with van der Waals surface area (Å²) in [7, 11) is -0.238. The van der Waals surface area contributed by atoms with Crippen molar-refractivity contribution in [3.8, 4) is 0 Å². The summed E-state index contributed by atoms with van der Waals surface area (Å²) in [6.45, 7) is 4.17. The van der Waals surface area contributed by atoms with Crippen LogP contribution in [0.2, 0.25) is 0 Å². The lowest BCUT2D eigenvalue weighted by Crippen LogP contribution is -2.45. The van der Waals surface area contributed by atoms with Crippen molar-refractivity contribution >= 4 is 10.2 Å². The van der Waals surface area contributed by atoms with Crippen LogP contribution in [0.3, 0.4) is 0 Å². The summed E-state index contributed by atoms with van der Waals surface area (Å²) in [5.74, 6) is 0. The molecule has 1 aliphatic rings. The van der Waals surface area contributed by atoms with E-state index >= 15 is 0 Å². The van der Waals surface area contributed by atoms with Crippen molar-refractivity contribution in [1.82, 2.24) is 8.61 Å². The second-order valence-electron chi connectivity index (χ2n) is 4.54. The first kappa shape index (κ1) is 11.9. The molecule has 2 N–H and O–H groups in total. The Kier molecular flexibility index (Phi) is 2.93. The predicted molar refractivity (Wildman–Crippen MR) is 56.0 cm³/mol. The Morgan fingerprint density at radius 2 is 2.00 bits per heavy atom. The standard InChI is InChI=1S/C8H19N3O2S/c1-7-5-8(2,9)6-11(7)14(12,13)10(3)4/h7H,5-6,9H2,1-4H3/t7-,8+/m1/s1. The quantitative estimate of drug-likeness (QED) is 0.690. The minimum atomic E-state index is -3.31. The molecule has 6 heteroatoms. The Morgan fingerprint density at radius 3 is 2.29 bits per heavy atom. The van der Waals surface area contributed by atoms with Gasteiger partial charge in [-0.25, -0.2) is 0 Å². The van der Waals surface area contributed by atoms with Crippen LogP contribution in [0.25, 0.3) is 0 Å². The van der Waals surface area contributed by atoms with Crippen LogP contribution in [0.1, 0.15) is 20.3 Å². The van der Waals surface area contributed by atoms with E-state index in [9.17, 15) is 8.42 Å². The summed E-state index contributed by atoms with van der Waals surface area (Å²) in [5.41, 5.74) is 5.53. The number of rotatable bonds is 2. The first-order valence-electron chi connectivity index (χ1n) is 4.65. The van der Waals surface area contributed by atoms with Crippen LogP contribution in [-0.2, 0) is 10.2 Å². The van der Waals surface area contributed by atoms with Gasteiger partial charge in [-0.15, -0.1) is 0 Å². The largest absolute Gasteiger partial charge is 0.324 e. The smallest absolute Gasteiger partial charge is 0.281 e. The van der Waals surface area contributed by atoms with E-state index < -0.39 is 15.7 Å². The molecule has 0 spiro atoms. The minimum absolute atomic E-state index is 0.0163. The molecule has 0 amide bonds. The summed E-state index contributed by atoms with van der Waals surface area (Å²) < 4.78 is 26.3. The monoisotopic (exact) mass is 221 g/mol. The van der Waals surface area contributed by atoms with Crippen molar-refractivity contribution < 1.29 is 8.42 Å². The van der Waals surface area contributed by atoms with E-state index in [1.54, 1.807) is 0 Å². The Labute approximate surface area is 86.0 Å². The van der Waals surface area contributed by atoms with Gasteiger partial charge in [0.15, 0.2) is 0 Å². The molecule has 1 saturated heterocycles. The molecule has 0 unspecified atom stereocenters. The van der Waals surface area contributed by atoms with Crippen molar-refractivity contribution in [3.05, 3.63) is 0 Å². The Balaban J connectivity index is 2.92. The molecule has 84 valence electrons. The normalized spacial score (nSPS) is 35.4. The molecule has 0 aromatic rings. The molecular weight excluding hydrogens is 202 g/mol. The van der Waals surface area contributed by atoms with Gasteiger partial charge in [0.1, 0.15) is 0 Å². The maximum Gasteiger partial charge on any atom is 0.281 e. The van der Waals surface area contributed by atoms with Crippen LogP contribution in [0.15, 0.2) is 0 Å². The summed E-state index contributed by atoms with van der Waals surface area (Å²) in [4.78, 5) is 0. The van der Waals surface area contributed by atoms with Gasteiger partial charge >= 0.3 is 0 Å². The SMILES string of the molecule is C[C@@H]1C[C@](C)(N)CN1S(=O)(=O)N(C)C. The van der Waals surface area contributed by atoms with Gasteiger partial charge in [0.05, 0.1) is 0 Å². The highest BCUT2D eigenvalue weighted by Gasteiger charge is 2.42. The lowest BCUT2D eigenvalue weighted by Gasteiger charge is -2.25. The lowest BCUT2D eigenvalue weighted by molar-refractivity contribution is 0.366. The van der Waals surface area contributed by atoms with Crippen molar-refractivity contribution in [1.29, 1.82) is 0 Å². The zero-order chi connectivity index (χ0) is 11.1. The molecule has 0 aromatic heterocycles. The number of nitrogens with zero attached hydrogens (tertiary/aromatic N) is 2. The summed E-state index contributed by atoms with van der Waals surface area (Å²) >= 11 is 0. The van der Waals surface area contributed by atoms with Crippen molar-refractivity contribution in [2.45, 2.75) is 31.8 Å². The fourth-order valence-corrected chi connectivity index (χ4v) is 3.28. The predicted octanol–water partition coefficient (Wildman–Crippen LogP) is -0.396. The molecule has 0 saturated carbocycles. The molecule has 0 bridgehead atoms. The highest BCUT2D eigenvalue weighted by atomic mass is 32.2. The lowest BCUT2D eigenvalue weighted by atomic mass is 10.0. The molecule has 1 fully saturated rings. The zero-order valence-electron chi connectivity index (χ0n) is 9.19. The van der Waals surface area contributed by atoms with Crippen LogP contribution in [0.5, 0.6) is 0 Å². The maximum atomic E-state index is 11.8. The van der Waals surface area contributed by atoms with Crippen molar-refractivity contribution in [2.24, 2.45) is 5.73 Å². The van der Waals surface area contributed by atoms with E-state index in [1.807, 2.05) is 13.8 Å². The van der Waals surface area contributed by atoms with Crippen LogP contribution in [-0.4, -0.2) is 49.2 Å². The highest BCUT2D eigenvalue weighted by Crippen LogP contribution is 2.27. The number of nitrogens with two attached hydrogens (primary N) is 1. The average Bonchev–Trinajstić information content (AvgIpc) is 2.24. The van der Waals surface area contributed by atoms with E-state index in [0.29, 0.717) is 13.0 Å². The van der Waals surface area contributed by atoms with Gasteiger partial charge in [0.2, 0.25) is 0 Å². The Bertz CT molecular complexity index is 311. The molecule has 1 rings (SSSR count). The molecule has 14 heavy (non-hydrogen) atoms. The molecule has 1 aliphatic heterocycles. The van der Waals surface area contributed by atoms with Gasteiger partial charge in [-0.05, 0) is 20.3 Å². The zero-order valence-corrected chi connectivity index (χ0v) is 10.0. The van der Waals surface area contributed by atoms with Gasteiger partial charge in [-0.3, -0.25) is 0 Å². The summed E-state index contributed by atoms with van der Waals surface area (Å²) in [6.07, 6.45) is 0.708. The van der Waals surface area contributed by atoms with Gasteiger partial charge in [0.25, 0.3) is 10.2 Å². The van der Waals surface area contributed by atoms with Crippen molar-refractivity contribution in [2.75, 3.05) is 20.6 Å². The Hall–Kier alpha value is -0.170. The molecule has 0 aromatic carbocycles. The minimum Gasteiger partial charge on any atom is -0.324 e. The second-order valence-corrected chi connectivity index (χ2v) is 6.64. The second kappa shape index (κ2) is 3.44. The fourth-order valence-electron chi connectivity index (χ4n) is 1.87. The van der Waals surface area contributed by atoms with E-state index in [2.05, 4.69) is 0 Å². The first-order chi connectivity index (χ1) is 6.17. The van der Waals surface area contributed by atoms with Crippen LogP contribution >= 0.6 is 0 Å². The van der Waals surface area contributed by atoms with Crippen LogP contribution in [0.4, 0.5) is 0 Å². The molecule has 0 aliphatic carbocycles. The van der Waals surface area contributed by atoms with Gasteiger partial charge in [0, 0.05) is 32.2 Å². The molecule has 1 heterocycles. The average molecular weight is 221 g/mol. The topological polar surface area (TPSA) is 66.6 Å².